The van der Waals surface area contributed by atoms with Gasteiger partial charge in [0.05, 0.1) is 12.8 Å². The van der Waals surface area contributed by atoms with Crippen molar-refractivity contribution in [1.82, 2.24) is 0 Å². The third-order valence-electron chi connectivity index (χ3n) is 3.72. The number of nitrogens with zero attached hydrogens (tertiary/aromatic N) is 2. The Morgan fingerprint density at radius 3 is 2.74 bits per heavy atom. The molecule has 0 bridgehead atoms. The SMILES string of the molecule is C=Nc1cc(O)c(OC)cc1C.O=CN1CCc2ccccc21. The van der Waals surface area contributed by atoms with Crippen LogP contribution >= 0.6 is 0 Å². The number of benzene rings is 2. The molecule has 0 radical (unpaired) electrons. The number of carbonyl (C=O) groups is 1. The molecule has 5 nitrogen and oxygen atoms in total. The number of rotatable bonds is 3. The Balaban J connectivity index is 0.000000167. The molecular formula is C18H20N2O3. The highest BCUT2D eigenvalue weighted by Crippen LogP contribution is 2.32. The lowest BCUT2D eigenvalue weighted by molar-refractivity contribution is -0.107. The van der Waals surface area contributed by atoms with Crippen molar-refractivity contribution in [3.8, 4) is 11.5 Å². The van der Waals surface area contributed by atoms with Crippen LogP contribution in [0, 0.1) is 6.92 Å². The number of aromatic hydroxyl groups is 1. The molecule has 1 amide bonds. The second-order valence-corrected chi connectivity index (χ2v) is 5.15. The molecule has 0 saturated heterocycles. The third-order valence-corrected chi connectivity index (χ3v) is 3.72. The average molecular weight is 312 g/mol. The number of phenols is 1. The molecule has 0 fully saturated rings. The minimum absolute atomic E-state index is 0.0884. The summed E-state index contributed by atoms with van der Waals surface area (Å²) in [4.78, 5) is 16.0. The number of anilines is 1. The number of phenolic OH excluding ortho intramolecular Hbond substituents is 1. The molecule has 2 aromatic rings. The number of aliphatic imine (C=N–C) groups is 1. The number of aryl methyl sites for hydroxylation is 1. The summed E-state index contributed by atoms with van der Waals surface area (Å²) in [6, 6.07) is 11.3. The average Bonchev–Trinajstić information content (AvgIpc) is 3.00. The van der Waals surface area contributed by atoms with E-state index in [-0.39, 0.29) is 5.75 Å². The van der Waals surface area contributed by atoms with Gasteiger partial charge in [-0.25, -0.2) is 0 Å². The Bertz CT molecular complexity index is 713. The van der Waals surface area contributed by atoms with Crippen molar-refractivity contribution in [1.29, 1.82) is 0 Å². The van der Waals surface area contributed by atoms with Crippen molar-refractivity contribution in [2.24, 2.45) is 4.99 Å². The molecule has 0 aromatic heterocycles. The predicted octanol–water partition coefficient (Wildman–Crippen LogP) is 3.25. The van der Waals surface area contributed by atoms with Crippen LogP contribution in [0.3, 0.4) is 0 Å². The Morgan fingerprint density at radius 2 is 2.09 bits per heavy atom. The van der Waals surface area contributed by atoms with E-state index in [0.717, 1.165) is 30.6 Å². The molecule has 5 heteroatoms. The fraction of sp³-hybridized carbons (Fsp3) is 0.222. The van der Waals surface area contributed by atoms with Crippen molar-refractivity contribution in [2.45, 2.75) is 13.3 Å². The number of hydrogen-bond acceptors (Lipinski definition) is 4. The topological polar surface area (TPSA) is 62.1 Å². The Labute approximate surface area is 135 Å². The monoisotopic (exact) mass is 312 g/mol. The molecule has 1 aliphatic heterocycles. The van der Waals surface area contributed by atoms with Crippen LogP contribution < -0.4 is 9.64 Å². The first kappa shape index (κ1) is 16.5. The minimum atomic E-state index is 0.0884. The van der Waals surface area contributed by atoms with Gasteiger partial charge in [0, 0.05) is 18.3 Å². The molecule has 23 heavy (non-hydrogen) atoms. The highest BCUT2D eigenvalue weighted by molar-refractivity contribution is 5.79. The fourth-order valence-corrected chi connectivity index (χ4v) is 2.47. The molecule has 0 spiro atoms. The summed E-state index contributed by atoms with van der Waals surface area (Å²) in [6.07, 6.45) is 1.89. The highest BCUT2D eigenvalue weighted by Gasteiger charge is 2.16. The number of ether oxygens (including phenoxy) is 1. The first-order valence-corrected chi connectivity index (χ1v) is 7.25. The summed E-state index contributed by atoms with van der Waals surface area (Å²) in [5, 5.41) is 9.33. The second kappa shape index (κ2) is 7.45. The van der Waals surface area contributed by atoms with E-state index < -0.39 is 0 Å². The van der Waals surface area contributed by atoms with Crippen LogP contribution in [0.5, 0.6) is 11.5 Å². The molecule has 0 aliphatic carbocycles. The van der Waals surface area contributed by atoms with Gasteiger partial charge in [-0.3, -0.25) is 9.79 Å². The van der Waals surface area contributed by atoms with Gasteiger partial charge in [0.2, 0.25) is 6.41 Å². The van der Waals surface area contributed by atoms with E-state index in [9.17, 15) is 9.90 Å². The van der Waals surface area contributed by atoms with Crippen LogP contribution in [-0.4, -0.2) is 31.9 Å². The van der Waals surface area contributed by atoms with E-state index in [1.807, 2.05) is 25.1 Å². The van der Waals surface area contributed by atoms with E-state index in [0.29, 0.717) is 11.4 Å². The van der Waals surface area contributed by atoms with Crippen LogP contribution in [-0.2, 0) is 11.2 Å². The molecule has 1 aliphatic rings. The van der Waals surface area contributed by atoms with E-state index in [1.165, 1.54) is 18.7 Å². The zero-order valence-electron chi connectivity index (χ0n) is 13.3. The second-order valence-electron chi connectivity index (χ2n) is 5.15. The normalized spacial score (nSPS) is 12.0. The maximum Gasteiger partial charge on any atom is 0.214 e. The first-order chi connectivity index (χ1) is 11.1. The largest absolute Gasteiger partial charge is 0.504 e. The summed E-state index contributed by atoms with van der Waals surface area (Å²) in [6.45, 7) is 6.10. The standard InChI is InChI=1S/C9H11NO2.C9H9NO/c1-6-4-9(12-3)8(11)5-7(6)10-2;11-7-10-6-5-8-3-1-2-4-9(8)10/h4-5,11H,2H2,1,3H3;1-4,7H,5-6H2. The molecule has 3 rings (SSSR count). The van der Waals surface area contributed by atoms with Crippen LogP contribution in [0.15, 0.2) is 41.4 Å². The fourth-order valence-electron chi connectivity index (χ4n) is 2.47. The van der Waals surface area contributed by atoms with Gasteiger partial charge in [-0.1, -0.05) is 18.2 Å². The summed E-state index contributed by atoms with van der Waals surface area (Å²) >= 11 is 0. The van der Waals surface area contributed by atoms with Gasteiger partial charge >= 0.3 is 0 Å². The van der Waals surface area contributed by atoms with E-state index in [4.69, 9.17) is 4.74 Å². The quantitative estimate of drug-likeness (QED) is 0.699. The van der Waals surface area contributed by atoms with Crippen LogP contribution in [0.2, 0.25) is 0 Å². The third kappa shape index (κ3) is 3.69. The van der Waals surface area contributed by atoms with Gasteiger partial charge in [-0.15, -0.1) is 0 Å². The Hall–Kier alpha value is -2.82. The summed E-state index contributed by atoms with van der Waals surface area (Å²) in [5.41, 5.74) is 3.95. The molecule has 120 valence electrons. The molecular weight excluding hydrogens is 292 g/mol. The van der Waals surface area contributed by atoms with Crippen LogP contribution in [0.1, 0.15) is 11.1 Å². The predicted molar refractivity (Wildman–Crippen MR) is 92.2 cm³/mol. The number of fused-ring (bicyclic) bond motifs is 1. The first-order valence-electron chi connectivity index (χ1n) is 7.25. The van der Waals surface area contributed by atoms with Gasteiger partial charge in [0.25, 0.3) is 0 Å². The molecule has 2 aromatic carbocycles. The summed E-state index contributed by atoms with van der Waals surface area (Å²) in [5.74, 6) is 0.547. The number of methoxy groups -OCH3 is 1. The van der Waals surface area contributed by atoms with E-state index in [1.54, 1.807) is 11.0 Å². The maximum absolute atomic E-state index is 10.5. The van der Waals surface area contributed by atoms with Gasteiger partial charge < -0.3 is 14.7 Å². The number of para-hydroxylation sites is 1. The molecule has 1 heterocycles. The number of amides is 1. The zero-order valence-corrected chi connectivity index (χ0v) is 13.3. The van der Waals surface area contributed by atoms with Crippen molar-refractivity contribution >= 4 is 24.5 Å². The minimum Gasteiger partial charge on any atom is -0.504 e. The van der Waals surface area contributed by atoms with Gasteiger partial charge in [0.15, 0.2) is 11.5 Å². The lowest BCUT2D eigenvalue weighted by Crippen LogP contribution is -2.16. The van der Waals surface area contributed by atoms with Crippen molar-refractivity contribution < 1.29 is 14.6 Å². The molecule has 0 atom stereocenters. The smallest absolute Gasteiger partial charge is 0.214 e. The van der Waals surface area contributed by atoms with Gasteiger partial charge in [-0.2, -0.15) is 0 Å². The Kier molecular flexibility index (Phi) is 5.36. The summed E-state index contributed by atoms with van der Waals surface area (Å²) < 4.78 is 4.91. The number of carbonyl (C=O) groups excluding carboxylic acids is 1. The van der Waals surface area contributed by atoms with Crippen LogP contribution in [0.4, 0.5) is 11.4 Å². The summed E-state index contributed by atoms with van der Waals surface area (Å²) in [7, 11) is 1.51. The van der Waals surface area contributed by atoms with Crippen molar-refractivity contribution in [2.75, 3.05) is 18.6 Å². The zero-order chi connectivity index (χ0) is 16.8. The molecule has 0 saturated carbocycles. The molecule has 0 unspecified atom stereocenters. The molecule has 1 N–H and O–H groups in total. The van der Waals surface area contributed by atoms with Crippen molar-refractivity contribution in [3.63, 3.8) is 0 Å². The van der Waals surface area contributed by atoms with Gasteiger partial charge in [0.1, 0.15) is 0 Å². The Morgan fingerprint density at radius 1 is 1.35 bits per heavy atom. The number of hydrogen-bond donors (Lipinski definition) is 1. The maximum atomic E-state index is 10.5. The van der Waals surface area contributed by atoms with Crippen LogP contribution in [0.25, 0.3) is 0 Å². The van der Waals surface area contributed by atoms with Crippen molar-refractivity contribution in [3.05, 3.63) is 47.5 Å². The highest BCUT2D eigenvalue weighted by atomic mass is 16.5. The lowest BCUT2D eigenvalue weighted by atomic mass is 10.2. The lowest BCUT2D eigenvalue weighted by Gasteiger charge is -2.08. The van der Waals surface area contributed by atoms with E-state index >= 15 is 0 Å². The van der Waals surface area contributed by atoms with E-state index in [2.05, 4.69) is 17.8 Å². The van der Waals surface area contributed by atoms with Gasteiger partial charge in [-0.05, 0) is 43.3 Å².